The number of benzene rings is 1. The van der Waals surface area contributed by atoms with Gasteiger partial charge in [-0.25, -0.2) is 13.4 Å². The molecule has 1 aromatic heterocycles. The highest BCUT2D eigenvalue weighted by Gasteiger charge is 2.34. The van der Waals surface area contributed by atoms with E-state index >= 15 is 0 Å². The van der Waals surface area contributed by atoms with Crippen LogP contribution in [0.15, 0.2) is 41.3 Å². The number of pyridine rings is 1. The number of anilines is 1. The molecule has 8 heteroatoms. The van der Waals surface area contributed by atoms with Crippen LogP contribution in [-0.4, -0.2) is 37.3 Å². The molecule has 1 aromatic carbocycles. The van der Waals surface area contributed by atoms with E-state index in [1.54, 1.807) is 0 Å². The smallest absolute Gasteiger partial charge is 0.246 e. The number of hydrogen-bond donors (Lipinski definition) is 0. The van der Waals surface area contributed by atoms with Crippen molar-refractivity contribution < 1.29 is 8.42 Å². The van der Waals surface area contributed by atoms with E-state index < -0.39 is 10.0 Å². The minimum absolute atomic E-state index is 0.0255. The maximum atomic E-state index is 13.1. The highest BCUT2D eigenvalue weighted by atomic mass is 35.5. The van der Waals surface area contributed by atoms with Crippen LogP contribution in [0, 0.1) is 0 Å². The van der Waals surface area contributed by atoms with Gasteiger partial charge in [-0.2, -0.15) is 4.31 Å². The molecular weight excluding hydrogens is 369 g/mol. The van der Waals surface area contributed by atoms with Gasteiger partial charge >= 0.3 is 0 Å². The Labute approximate surface area is 151 Å². The summed E-state index contributed by atoms with van der Waals surface area (Å²) in [6.45, 7) is 2.75. The zero-order chi connectivity index (χ0) is 17.5. The van der Waals surface area contributed by atoms with Gasteiger partial charge in [0.1, 0.15) is 10.0 Å². The first-order chi connectivity index (χ1) is 11.3. The van der Waals surface area contributed by atoms with Gasteiger partial charge < -0.3 is 4.90 Å². The first-order valence-electron chi connectivity index (χ1n) is 7.43. The number of aromatic nitrogens is 1. The summed E-state index contributed by atoms with van der Waals surface area (Å²) in [6.07, 6.45) is 0. The van der Waals surface area contributed by atoms with E-state index in [1.165, 1.54) is 16.4 Å². The lowest BCUT2D eigenvalue weighted by atomic mass is 10.1. The van der Waals surface area contributed by atoms with Crippen molar-refractivity contribution in [2.24, 2.45) is 0 Å². The molecule has 0 N–H and O–H groups in total. The second kappa shape index (κ2) is 6.52. The summed E-state index contributed by atoms with van der Waals surface area (Å²) in [7, 11) is -1.83. The Morgan fingerprint density at radius 1 is 1.17 bits per heavy atom. The van der Waals surface area contributed by atoms with Gasteiger partial charge in [0, 0.05) is 31.9 Å². The van der Waals surface area contributed by atoms with Gasteiger partial charge in [-0.05, 0) is 30.7 Å². The second-order valence-corrected chi connectivity index (χ2v) is 8.44. The summed E-state index contributed by atoms with van der Waals surface area (Å²) in [5.41, 5.74) is 1.98. The van der Waals surface area contributed by atoms with Crippen molar-refractivity contribution in [1.82, 2.24) is 9.29 Å². The fourth-order valence-electron chi connectivity index (χ4n) is 2.97. The summed E-state index contributed by atoms with van der Waals surface area (Å²) in [6, 6.07) is 10.4. The summed E-state index contributed by atoms with van der Waals surface area (Å²) in [4.78, 5) is 5.90. The minimum Gasteiger partial charge on any atom is -0.373 e. The Bertz CT molecular complexity index is 873. The number of likely N-dealkylation sites (N-methyl/N-ethyl adjacent to an activating group) is 1. The fraction of sp³-hybridized carbons (Fsp3) is 0.312. The monoisotopic (exact) mass is 385 g/mol. The molecule has 1 aliphatic rings. The van der Waals surface area contributed by atoms with Crippen molar-refractivity contribution in [3.8, 4) is 0 Å². The Kier molecular flexibility index (Phi) is 4.75. The average Bonchev–Trinajstić information content (AvgIpc) is 2.64. The first-order valence-corrected chi connectivity index (χ1v) is 9.63. The molecule has 2 heterocycles. The molecule has 0 bridgehead atoms. The molecule has 0 saturated heterocycles. The summed E-state index contributed by atoms with van der Waals surface area (Å²) < 4.78 is 27.7. The molecule has 5 nitrogen and oxygen atoms in total. The van der Waals surface area contributed by atoms with Crippen LogP contribution in [0.3, 0.4) is 0 Å². The topological polar surface area (TPSA) is 53.5 Å². The molecule has 3 rings (SSSR count). The van der Waals surface area contributed by atoms with Gasteiger partial charge in [0.25, 0.3) is 0 Å². The van der Waals surface area contributed by atoms with E-state index in [-0.39, 0.29) is 27.8 Å². The fourth-order valence-corrected chi connectivity index (χ4v) is 5.20. The molecular formula is C16H17Cl2N3O2S. The van der Waals surface area contributed by atoms with Crippen LogP contribution < -0.4 is 4.90 Å². The molecule has 0 aliphatic carbocycles. The van der Waals surface area contributed by atoms with Crippen LogP contribution in [0.1, 0.15) is 12.5 Å². The Balaban J connectivity index is 2.07. The Morgan fingerprint density at radius 3 is 2.58 bits per heavy atom. The summed E-state index contributed by atoms with van der Waals surface area (Å²) in [5.74, 6) is 0. The second-order valence-electron chi connectivity index (χ2n) is 5.83. The van der Waals surface area contributed by atoms with Crippen LogP contribution in [0.2, 0.25) is 10.3 Å². The zero-order valence-corrected chi connectivity index (χ0v) is 15.6. The third-order valence-corrected chi connectivity index (χ3v) is 6.73. The van der Waals surface area contributed by atoms with E-state index in [9.17, 15) is 8.42 Å². The molecule has 1 atom stereocenters. The number of halogens is 2. The van der Waals surface area contributed by atoms with Crippen LogP contribution in [0.5, 0.6) is 0 Å². The third-order valence-electron chi connectivity index (χ3n) is 4.13. The number of para-hydroxylation sites is 1. The number of fused-ring (bicyclic) bond motifs is 1. The molecule has 0 fully saturated rings. The lowest BCUT2D eigenvalue weighted by Gasteiger charge is -2.27. The molecule has 0 spiro atoms. The van der Waals surface area contributed by atoms with Crippen molar-refractivity contribution in [2.75, 3.05) is 18.5 Å². The molecule has 0 saturated carbocycles. The SMILES string of the molecule is C[C@H]1CN(C)c2ccccc2CN1S(=O)(=O)c1ccc(Cl)nc1Cl. The Morgan fingerprint density at radius 2 is 1.88 bits per heavy atom. The quantitative estimate of drug-likeness (QED) is 0.743. The summed E-state index contributed by atoms with van der Waals surface area (Å²) in [5, 5.41) is 0.0496. The minimum atomic E-state index is -3.79. The van der Waals surface area contributed by atoms with Crippen molar-refractivity contribution in [1.29, 1.82) is 0 Å². The van der Waals surface area contributed by atoms with Gasteiger partial charge in [-0.15, -0.1) is 0 Å². The standard InChI is InChI=1S/C16H17Cl2N3O2S/c1-11-9-20(2)13-6-4-3-5-12(13)10-21(11)24(22,23)14-7-8-15(17)19-16(14)18/h3-8,11H,9-10H2,1-2H3/t11-/m0/s1. The Hall–Kier alpha value is -1.34. The van der Waals surface area contributed by atoms with E-state index in [0.29, 0.717) is 6.54 Å². The predicted molar refractivity (Wildman–Crippen MR) is 96.2 cm³/mol. The largest absolute Gasteiger partial charge is 0.373 e. The molecule has 24 heavy (non-hydrogen) atoms. The molecule has 0 unspecified atom stereocenters. The van der Waals surface area contributed by atoms with Crippen molar-refractivity contribution in [3.63, 3.8) is 0 Å². The lowest BCUT2D eigenvalue weighted by Crippen LogP contribution is -2.41. The van der Waals surface area contributed by atoms with E-state index in [4.69, 9.17) is 23.2 Å². The van der Waals surface area contributed by atoms with Gasteiger partial charge in [0.2, 0.25) is 10.0 Å². The van der Waals surface area contributed by atoms with Crippen LogP contribution in [0.25, 0.3) is 0 Å². The number of nitrogens with zero attached hydrogens (tertiary/aromatic N) is 3. The normalized spacial score (nSPS) is 19.0. The van der Waals surface area contributed by atoms with E-state index in [1.807, 2.05) is 38.2 Å². The molecule has 1 aliphatic heterocycles. The molecule has 0 radical (unpaired) electrons. The van der Waals surface area contributed by atoms with Gasteiger partial charge in [-0.1, -0.05) is 41.4 Å². The van der Waals surface area contributed by atoms with Crippen molar-refractivity contribution >= 4 is 38.9 Å². The zero-order valence-electron chi connectivity index (χ0n) is 13.3. The number of rotatable bonds is 2. The molecule has 2 aromatic rings. The third kappa shape index (κ3) is 3.11. The van der Waals surface area contributed by atoms with Crippen molar-refractivity contribution in [3.05, 3.63) is 52.3 Å². The van der Waals surface area contributed by atoms with Gasteiger partial charge in [0.05, 0.1) is 0 Å². The number of hydrogen-bond acceptors (Lipinski definition) is 4. The number of sulfonamides is 1. The first kappa shape index (κ1) is 17.5. The summed E-state index contributed by atoms with van der Waals surface area (Å²) >= 11 is 11.8. The van der Waals surface area contributed by atoms with Crippen molar-refractivity contribution in [2.45, 2.75) is 24.4 Å². The van der Waals surface area contributed by atoms with E-state index in [0.717, 1.165) is 11.3 Å². The van der Waals surface area contributed by atoms with Gasteiger partial charge in [0.15, 0.2) is 5.15 Å². The van der Waals surface area contributed by atoms with Crippen LogP contribution >= 0.6 is 23.2 Å². The highest BCUT2D eigenvalue weighted by Crippen LogP contribution is 2.32. The van der Waals surface area contributed by atoms with Crippen LogP contribution in [0.4, 0.5) is 5.69 Å². The maximum absolute atomic E-state index is 13.1. The lowest BCUT2D eigenvalue weighted by molar-refractivity contribution is 0.340. The predicted octanol–water partition coefficient (Wildman–Crippen LogP) is 3.42. The molecule has 128 valence electrons. The van der Waals surface area contributed by atoms with Crippen LogP contribution in [-0.2, 0) is 16.6 Å². The molecule has 0 amide bonds. The van der Waals surface area contributed by atoms with E-state index in [2.05, 4.69) is 9.88 Å². The van der Waals surface area contributed by atoms with Gasteiger partial charge in [-0.3, -0.25) is 0 Å². The maximum Gasteiger partial charge on any atom is 0.246 e. The highest BCUT2D eigenvalue weighted by molar-refractivity contribution is 7.89. The average molecular weight is 386 g/mol.